The van der Waals surface area contributed by atoms with Crippen LogP contribution in [0.3, 0.4) is 0 Å². The van der Waals surface area contributed by atoms with E-state index in [-0.39, 0.29) is 11.7 Å². The van der Waals surface area contributed by atoms with Gasteiger partial charge in [0.2, 0.25) is 0 Å². The van der Waals surface area contributed by atoms with Crippen LogP contribution in [-0.4, -0.2) is 34.8 Å². The van der Waals surface area contributed by atoms with Crippen LogP contribution in [0, 0.1) is 5.92 Å². The molecule has 0 aromatic carbocycles. The molecule has 0 saturated carbocycles. The molecule has 27 heavy (non-hydrogen) atoms. The Hall–Kier alpha value is -0.890. The summed E-state index contributed by atoms with van der Waals surface area (Å²) in [5, 5.41) is 1.74. The van der Waals surface area contributed by atoms with Gasteiger partial charge in [-0.1, -0.05) is 25.6 Å². The lowest BCUT2D eigenvalue weighted by Gasteiger charge is -2.22. The first kappa shape index (κ1) is 19.4. The van der Waals surface area contributed by atoms with Crippen molar-refractivity contribution in [1.29, 1.82) is 0 Å². The summed E-state index contributed by atoms with van der Waals surface area (Å²) in [6.07, 6.45) is 6.59. The maximum Gasteiger partial charge on any atom is 0.263 e. The van der Waals surface area contributed by atoms with E-state index in [2.05, 4.69) is 13.8 Å². The minimum Gasteiger partial charge on any atom is -0.355 e. The molecule has 2 aromatic rings. The van der Waals surface area contributed by atoms with Crippen LogP contribution in [0.25, 0.3) is 10.2 Å². The van der Waals surface area contributed by atoms with Crippen molar-refractivity contribution in [3.8, 4) is 0 Å². The maximum absolute atomic E-state index is 13.4. The molecule has 0 bridgehead atoms. The number of thiophene rings is 1. The van der Waals surface area contributed by atoms with E-state index in [1.54, 1.807) is 23.1 Å². The highest BCUT2D eigenvalue weighted by molar-refractivity contribution is 7.99. The van der Waals surface area contributed by atoms with Gasteiger partial charge >= 0.3 is 0 Å². The van der Waals surface area contributed by atoms with Crippen molar-refractivity contribution >= 4 is 33.3 Å². The average molecular weight is 409 g/mol. The largest absolute Gasteiger partial charge is 0.355 e. The zero-order chi connectivity index (χ0) is 18.8. The van der Waals surface area contributed by atoms with Crippen LogP contribution in [0.4, 0.5) is 0 Å². The van der Waals surface area contributed by atoms with Crippen molar-refractivity contribution in [3.05, 3.63) is 20.8 Å². The Bertz CT molecular complexity index is 853. The number of rotatable bonds is 6. The molecule has 4 rings (SSSR count). The van der Waals surface area contributed by atoms with Crippen molar-refractivity contribution < 1.29 is 9.47 Å². The maximum atomic E-state index is 13.4. The van der Waals surface area contributed by atoms with E-state index in [0.29, 0.717) is 12.7 Å². The van der Waals surface area contributed by atoms with Crippen molar-refractivity contribution in [3.63, 3.8) is 0 Å². The van der Waals surface area contributed by atoms with E-state index >= 15 is 0 Å². The summed E-state index contributed by atoms with van der Waals surface area (Å²) >= 11 is 3.39. The number of thioether (sulfide) groups is 1. The van der Waals surface area contributed by atoms with E-state index in [4.69, 9.17) is 14.5 Å². The fourth-order valence-electron chi connectivity index (χ4n) is 3.71. The second-order valence-corrected chi connectivity index (χ2v) is 9.91. The molecular weight excluding hydrogens is 380 g/mol. The summed E-state index contributed by atoms with van der Waals surface area (Å²) in [6, 6.07) is 0. The summed E-state index contributed by atoms with van der Waals surface area (Å²) < 4.78 is 12.9. The van der Waals surface area contributed by atoms with E-state index in [1.807, 2.05) is 4.57 Å². The molecule has 1 fully saturated rings. The lowest BCUT2D eigenvalue weighted by atomic mass is 9.97. The lowest BCUT2D eigenvalue weighted by molar-refractivity contribution is -0.130. The number of ether oxygens (including phenoxy) is 2. The van der Waals surface area contributed by atoms with Crippen LogP contribution in [0.2, 0.25) is 0 Å². The predicted octanol–water partition coefficient (Wildman–Crippen LogP) is 4.24. The van der Waals surface area contributed by atoms with E-state index in [9.17, 15) is 4.79 Å². The summed E-state index contributed by atoms with van der Waals surface area (Å²) in [4.78, 5) is 20.7. The van der Waals surface area contributed by atoms with Gasteiger partial charge in [0.25, 0.3) is 5.56 Å². The lowest BCUT2D eigenvalue weighted by Crippen LogP contribution is -2.27. The Kier molecular flexibility index (Phi) is 6.21. The first-order chi connectivity index (χ1) is 13.1. The standard InChI is InChI=1S/C20H28N2O3S2/c1-13(2)7-9-22-19(23)17-15-5-3-4-6-16(15)27-18(17)21-20(22)26-11-14-8-10-24-12-25-14/h13-14H,3-12H2,1-2H3/t14-/m1/s1. The Morgan fingerprint density at radius 3 is 2.96 bits per heavy atom. The van der Waals surface area contributed by atoms with Gasteiger partial charge in [0.05, 0.1) is 18.1 Å². The molecule has 1 saturated heterocycles. The van der Waals surface area contributed by atoms with Crippen LogP contribution in [0.15, 0.2) is 9.95 Å². The minimum absolute atomic E-state index is 0.162. The molecule has 0 spiro atoms. The first-order valence-corrected chi connectivity index (χ1v) is 11.8. The van der Waals surface area contributed by atoms with Gasteiger partial charge in [-0.15, -0.1) is 11.3 Å². The van der Waals surface area contributed by atoms with E-state index in [0.717, 1.165) is 60.0 Å². The zero-order valence-corrected chi connectivity index (χ0v) is 17.8. The van der Waals surface area contributed by atoms with Gasteiger partial charge in [0, 0.05) is 17.2 Å². The minimum atomic E-state index is 0.162. The van der Waals surface area contributed by atoms with E-state index < -0.39 is 0 Å². The van der Waals surface area contributed by atoms with E-state index in [1.165, 1.54) is 23.3 Å². The van der Waals surface area contributed by atoms with Crippen LogP contribution in [-0.2, 0) is 28.9 Å². The molecule has 1 atom stereocenters. The highest BCUT2D eigenvalue weighted by Crippen LogP contribution is 2.35. The number of hydrogen-bond donors (Lipinski definition) is 0. The predicted molar refractivity (Wildman–Crippen MR) is 111 cm³/mol. The van der Waals surface area contributed by atoms with Crippen molar-refractivity contribution in [2.75, 3.05) is 19.2 Å². The monoisotopic (exact) mass is 408 g/mol. The summed E-state index contributed by atoms with van der Waals surface area (Å²) in [5.74, 6) is 1.37. The van der Waals surface area contributed by atoms with Crippen LogP contribution in [0.1, 0.15) is 50.0 Å². The fraction of sp³-hybridized carbons (Fsp3) is 0.700. The van der Waals surface area contributed by atoms with Crippen molar-refractivity contribution in [2.45, 2.75) is 70.2 Å². The van der Waals surface area contributed by atoms with Gasteiger partial charge in [-0.25, -0.2) is 4.98 Å². The van der Waals surface area contributed by atoms with Crippen LogP contribution < -0.4 is 5.56 Å². The Labute approximate surface area is 168 Å². The number of nitrogens with zero attached hydrogens (tertiary/aromatic N) is 2. The van der Waals surface area contributed by atoms with Crippen LogP contribution >= 0.6 is 23.1 Å². The molecule has 0 unspecified atom stereocenters. The molecule has 7 heteroatoms. The summed E-state index contributed by atoms with van der Waals surface area (Å²) in [7, 11) is 0. The van der Waals surface area contributed by atoms with Gasteiger partial charge in [-0.2, -0.15) is 0 Å². The second kappa shape index (κ2) is 8.64. The molecular formula is C20H28N2O3S2. The van der Waals surface area contributed by atoms with Crippen LogP contribution in [0.5, 0.6) is 0 Å². The third-order valence-electron chi connectivity index (χ3n) is 5.34. The second-order valence-electron chi connectivity index (χ2n) is 7.84. The number of fused-ring (bicyclic) bond motifs is 3. The van der Waals surface area contributed by atoms with Gasteiger partial charge in [-0.05, 0) is 50.0 Å². The molecule has 2 aromatic heterocycles. The zero-order valence-electron chi connectivity index (χ0n) is 16.2. The van der Waals surface area contributed by atoms with Crippen molar-refractivity contribution in [1.82, 2.24) is 9.55 Å². The number of aryl methyl sites for hydroxylation is 2. The molecule has 2 aliphatic rings. The Morgan fingerprint density at radius 2 is 2.19 bits per heavy atom. The normalized spacial score (nSPS) is 20.3. The van der Waals surface area contributed by atoms with Gasteiger partial charge in [0.1, 0.15) is 11.6 Å². The highest BCUT2D eigenvalue weighted by atomic mass is 32.2. The third-order valence-corrected chi connectivity index (χ3v) is 7.63. The fourth-order valence-corrected chi connectivity index (χ4v) is 6.11. The molecule has 3 heterocycles. The third kappa shape index (κ3) is 4.26. The molecule has 0 radical (unpaired) electrons. The molecule has 0 N–H and O–H groups in total. The Balaban J connectivity index is 1.68. The van der Waals surface area contributed by atoms with Crippen molar-refractivity contribution in [2.24, 2.45) is 5.92 Å². The topological polar surface area (TPSA) is 53.4 Å². The quantitative estimate of drug-likeness (QED) is 0.529. The Morgan fingerprint density at radius 1 is 1.33 bits per heavy atom. The smallest absolute Gasteiger partial charge is 0.263 e. The van der Waals surface area contributed by atoms with Gasteiger partial charge in [-0.3, -0.25) is 9.36 Å². The molecule has 0 amide bonds. The van der Waals surface area contributed by atoms with Gasteiger partial charge < -0.3 is 9.47 Å². The number of aromatic nitrogens is 2. The molecule has 1 aliphatic heterocycles. The number of hydrogen-bond acceptors (Lipinski definition) is 6. The average Bonchev–Trinajstić information content (AvgIpc) is 3.05. The molecule has 1 aliphatic carbocycles. The molecule has 5 nitrogen and oxygen atoms in total. The summed E-state index contributed by atoms with van der Waals surface area (Å²) in [6.45, 7) is 6.25. The summed E-state index contributed by atoms with van der Waals surface area (Å²) in [5.41, 5.74) is 1.44. The molecule has 148 valence electrons. The van der Waals surface area contributed by atoms with Gasteiger partial charge in [0.15, 0.2) is 5.16 Å². The first-order valence-electron chi connectivity index (χ1n) is 10.0. The SMILES string of the molecule is CC(C)CCn1c(SC[C@H]2CCOCO2)nc2sc3c(c2c1=O)CCCC3. The highest BCUT2D eigenvalue weighted by Gasteiger charge is 2.23.